The molecule has 4 unspecified atom stereocenters. The Labute approximate surface area is 111 Å². The summed E-state index contributed by atoms with van der Waals surface area (Å²) in [6, 6.07) is 4.07. The SMILES string of the molecule is NC1C2CCOC2C1NS(=O)(=O)c1ccc(F)cc1. The van der Waals surface area contributed by atoms with E-state index in [1.54, 1.807) is 0 Å². The highest BCUT2D eigenvalue weighted by atomic mass is 32.2. The molecule has 1 aromatic carbocycles. The maximum absolute atomic E-state index is 12.8. The molecule has 7 heteroatoms. The Bertz CT molecular complexity index is 575. The fourth-order valence-electron chi connectivity index (χ4n) is 2.76. The van der Waals surface area contributed by atoms with E-state index in [1.165, 1.54) is 12.1 Å². The molecule has 1 aliphatic carbocycles. The van der Waals surface area contributed by atoms with Gasteiger partial charge in [0.25, 0.3) is 0 Å². The molecular weight excluding hydrogens is 271 g/mol. The van der Waals surface area contributed by atoms with Gasteiger partial charge in [-0.1, -0.05) is 0 Å². The lowest BCUT2D eigenvalue weighted by atomic mass is 9.73. The van der Waals surface area contributed by atoms with Crippen LogP contribution in [0.3, 0.4) is 0 Å². The van der Waals surface area contributed by atoms with Crippen LogP contribution in [0.4, 0.5) is 4.39 Å². The molecule has 3 rings (SSSR count). The average molecular weight is 286 g/mol. The van der Waals surface area contributed by atoms with Crippen LogP contribution in [0.25, 0.3) is 0 Å². The summed E-state index contributed by atoms with van der Waals surface area (Å²) in [5.74, 6) is -0.237. The van der Waals surface area contributed by atoms with Crippen LogP contribution in [0.15, 0.2) is 29.2 Å². The van der Waals surface area contributed by atoms with E-state index in [2.05, 4.69) is 4.72 Å². The zero-order valence-electron chi connectivity index (χ0n) is 10.1. The Morgan fingerprint density at radius 3 is 2.68 bits per heavy atom. The van der Waals surface area contributed by atoms with Crippen molar-refractivity contribution >= 4 is 10.0 Å². The number of hydrogen-bond donors (Lipinski definition) is 2. The predicted octanol–water partition coefficient (Wildman–Crippen LogP) is 0.219. The van der Waals surface area contributed by atoms with E-state index in [0.717, 1.165) is 18.6 Å². The third-order valence-corrected chi connectivity index (χ3v) is 5.34. The van der Waals surface area contributed by atoms with Gasteiger partial charge in [-0.05, 0) is 30.7 Å². The first-order valence-electron chi connectivity index (χ1n) is 6.14. The quantitative estimate of drug-likeness (QED) is 0.833. The maximum Gasteiger partial charge on any atom is 0.240 e. The minimum absolute atomic E-state index is 0.0301. The number of halogens is 1. The molecule has 2 fully saturated rings. The van der Waals surface area contributed by atoms with Gasteiger partial charge in [0.05, 0.1) is 17.0 Å². The van der Waals surface area contributed by atoms with Crippen LogP contribution in [-0.4, -0.2) is 33.2 Å². The average Bonchev–Trinajstić information content (AvgIpc) is 2.81. The molecule has 0 aromatic heterocycles. The van der Waals surface area contributed by atoms with Crippen molar-refractivity contribution in [2.45, 2.75) is 29.5 Å². The smallest absolute Gasteiger partial charge is 0.240 e. The van der Waals surface area contributed by atoms with E-state index >= 15 is 0 Å². The van der Waals surface area contributed by atoms with Crippen molar-refractivity contribution in [2.24, 2.45) is 11.7 Å². The molecule has 1 aromatic rings. The molecule has 5 nitrogen and oxygen atoms in total. The number of nitrogens with one attached hydrogen (secondary N) is 1. The van der Waals surface area contributed by atoms with Gasteiger partial charge in [-0.2, -0.15) is 0 Å². The van der Waals surface area contributed by atoms with E-state index in [4.69, 9.17) is 10.5 Å². The van der Waals surface area contributed by atoms with Crippen LogP contribution in [0, 0.1) is 11.7 Å². The summed E-state index contributed by atoms with van der Waals surface area (Å²) in [6.45, 7) is 0.623. The second kappa shape index (κ2) is 4.52. The fourth-order valence-corrected chi connectivity index (χ4v) is 4.04. The lowest BCUT2D eigenvalue weighted by Gasteiger charge is -2.45. The largest absolute Gasteiger partial charge is 0.376 e. The molecule has 0 radical (unpaired) electrons. The second-order valence-corrected chi connectivity index (χ2v) is 6.68. The molecule has 19 heavy (non-hydrogen) atoms. The van der Waals surface area contributed by atoms with E-state index in [9.17, 15) is 12.8 Å². The Morgan fingerprint density at radius 1 is 1.32 bits per heavy atom. The number of ether oxygens (including phenoxy) is 1. The minimum atomic E-state index is -3.69. The molecule has 0 bridgehead atoms. The molecular formula is C12H15FN2O3S. The first-order chi connectivity index (χ1) is 8.99. The molecule has 1 saturated carbocycles. The minimum Gasteiger partial charge on any atom is -0.376 e. The van der Waals surface area contributed by atoms with Gasteiger partial charge in [-0.25, -0.2) is 17.5 Å². The van der Waals surface area contributed by atoms with Crippen molar-refractivity contribution in [2.75, 3.05) is 6.61 Å². The van der Waals surface area contributed by atoms with Crippen molar-refractivity contribution in [3.8, 4) is 0 Å². The van der Waals surface area contributed by atoms with Crippen LogP contribution in [0.2, 0.25) is 0 Å². The molecule has 104 valence electrons. The fraction of sp³-hybridized carbons (Fsp3) is 0.500. The highest BCUT2D eigenvalue weighted by molar-refractivity contribution is 7.89. The molecule has 2 aliphatic rings. The van der Waals surface area contributed by atoms with Gasteiger partial charge in [0.15, 0.2) is 0 Å². The maximum atomic E-state index is 12.8. The van der Waals surface area contributed by atoms with Gasteiger partial charge in [-0.15, -0.1) is 0 Å². The summed E-state index contributed by atoms with van der Waals surface area (Å²) in [7, 11) is -3.69. The molecule has 1 saturated heterocycles. The lowest BCUT2D eigenvalue weighted by Crippen LogP contribution is -2.68. The molecule has 0 spiro atoms. The van der Waals surface area contributed by atoms with Crippen molar-refractivity contribution in [3.63, 3.8) is 0 Å². The van der Waals surface area contributed by atoms with Gasteiger partial charge in [-0.3, -0.25) is 0 Å². The molecule has 0 amide bonds. The first kappa shape index (κ1) is 13.0. The van der Waals surface area contributed by atoms with Gasteiger partial charge in [0.1, 0.15) is 5.82 Å². The highest BCUT2D eigenvalue weighted by Crippen LogP contribution is 2.38. The zero-order valence-corrected chi connectivity index (χ0v) is 10.9. The van der Waals surface area contributed by atoms with Crippen molar-refractivity contribution in [3.05, 3.63) is 30.1 Å². The number of fused-ring (bicyclic) bond motifs is 1. The van der Waals surface area contributed by atoms with Crippen LogP contribution in [0.5, 0.6) is 0 Å². The van der Waals surface area contributed by atoms with E-state index in [1.807, 2.05) is 0 Å². The summed E-state index contributed by atoms with van der Waals surface area (Å²) in [6.07, 6.45) is 0.742. The molecule has 3 N–H and O–H groups in total. The Kier molecular flexibility index (Phi) is 3.09. The predicted molar refractivity (Wildman–Crippen MR) is 66.3 cm³/mol. The van der Waals surface area contributed by atoms with E-state index < -0.39 is 21.9 Å². The lowest BCUT2D eigenvalue weighted by molar-refractivity contribution is -0.00924. The molecule has 1 heterocycles. The number of rotatable bonds is 3. The van der Waals surface area contributed by atoms with Crippen molar-refractivity contribution in [1.29, 1.82) is 0 Å². The Hall–Kier alpha value is -1.02. The number of hydrogen-bond acceptors (Lipinski definition) is 4. The summed E-state index contributed by atoms with van der Waals surface area (Å²) in [4.78, 5) is 0.0301. The molecule has 4 atom stereocenters. The van der Waals surface area contributed by atoms with Gasteiger partial charge in [0, 0.05) is 18.6 Å². The Balaban J connectivity index is 1.77. The van der Waals surface area contributed by atoms with Gasteiger partial charge in [0.2, 0.25) is 10.0 Å². The monoisotopic (exact) mass is 286 g/mol. The third-order valence-electron chi connectivity index (χ3n) is 3.86. The van der Waals surface area contributed by atoms with Gasteiger partial charge >= 0.3 is 0 Å². The third kappa shape index (κ3) is 2.16. The van der Waals surface area contributed by atoms with E-state index in [-0.39, 0.29) is 23.0 Å². The van der Waals surface area contributed by atoms with Crippen LogP contribution < -0.4 is 10.5 Å². The van der Waals surface area contributed by atoms with Crippen molar-refractivity contribution < 1.29 is 17.5 Å². The van der Waals surface area contributed by atoms with Crippen LogP contribution in [0.1, 0.15) is 6.42 Å². The van der Waals surface area contributed by atoms with Crippen LogP contribution >= 0.6 is 0 Å². The second-order valence-electron chi connectivity index (χ2n) is 4.97. The molecule has 1 aliphatic heterocycles. The highest BCUT2D eigenvalue weighted by Gasteiger charge is 2.53. The number of benzene rings is 1. The standard InChI is InChI=1S/C12H15FN2O3S/c13-7-1-3-8(4-2-7)19(16,17)15-11-10(14)9-5-6-18-12(9)11/h1-4,9-12,15H,5-6,14H2. The van der Waals surface area contributed by atoms with E-state index in [0.29, 0.717) is 6.61 Å². The zero-order chi connectivity index (χ0) is 13.6. The van der Waals surface area contributed by atoms with Crippen molar-refractivity contribution in [1.82, 2.24) is 4.72 Å². The normalized spacial score (nSPS) is 33.8. The van der Waals surface area contributed by atoms with Crippen LogP contribution in [-0.2, 0) is 14.8 Å². The van der Waals surface area contributed by atoms with Gasteiger partial charge < -0.3 is 10.5 Å². The first-order valence-corrected chi connectivity index (χ1v) is 7.62. The number of sulfonamides is 1. The summed E-state index contributed by atoms with van der Waals surface area (Å²) in [5, 5.41) is 0. The summed E-state index contributed by atoms with van der Waals surface area (Å²) in [5.41, 5.74) is 5.95. The summed E-state index contributed by atoms with van der Waals surface area (Å²) < 4.78 is 45.1. The topological polar surface area (TPSA) is 81.4 Å². The number of nitrogens with two attached hydrogens (primary N) is 1. The Morgan fingerprint density at radius 2 is 2.00 bits per heavy atom. The summed E-state index contributed by atoms with van der Waals surface area (Å²) >= 11 is 0.